The molecule has 24 heavy (non-hydrogen) atoms. The average molecular weight is 324 g/mol. The summed E-state index contributed by atoms with van der Waals surface area (Å²) in [6, 6.07) is 8.31. The minimum absolute atomic E-state index is 0.155. The Bertz CT molecular complexity index is 930. The molecule has 0 radical (unpaired) electrons. The highest BCUT2D eigenvalue weighted by molar-refractivity contribution is 6.06. The van der Waals surface area contributed by atoms with E-state index in [1.54, 1.807) is 42.2 Å². The normalized spacial score (nSPS) is 14.6. The van der Waals surface area contributed by atoms with Gasteiger partial charge in [-0.1, -0.05) is 12.1 Å². The predicted octanol–water partition coefficient (Wildman–Crippen LogP) is 3.06. The zero-order chi connectivity index (χ0) is 16.7. The van der Waals surface area contributed by atoms with Gasteiger partial charge in [0, 0.05) is 18.7 Å². The van der Waals surface area contributed by atoms with Crippen molar-refractivity contribution in [1.82, 2.24) is 20.1 Å². The average Bonchev–Trinajstić information content (AvgIpc) is 2.92. The summed E-state index contributed by atoms with van der Waals surface area (Å²) < 4.78 is 15.7. The highest BCUT2D eigenvalue weighted by atomic mass is 19.1. The molecule has 0 saturated heterocycles. The maximum absolute atomic E-state index is 14.1. The first-order chi connectivity index (χ1) is 11.6. The van der Waals surface area contributed by atoms with E-state index in [2.05, 4.69) is 15.4 Å². The van der Waals surface area contributed by atoms with E-state index in [4.69, 9.17) is 0 Å². The van der Waals surface area contributed by atoms with Crippen LogP contribution in [0.3, 0.4) is 0 Å². The minimum atomic E-state index is -0.364. The number of fused-ring (bicyclic) bond motifs is 1. The molecule has 1 saturated carbocycles. The summed E-state index contributed by atoms with van der Waals surface area (Å²) in [4.78, 5) is 17.2. The number of carbonyl (C=O) groups is 1. The minimum Gasteiger partial charge on any atom is -0.349 e. The Morgan fingerprint density at radius 3 is 2.83 bits per heavy atom. The Morgan fingerprint density at radius 2 is 2.12 bits per heavy atom. The third kappa shape index (κ3) is 2.44. The van der Waals surface area contributed by atoms with Gasteiger partial charge >= 0.3 is 0 Å². The van der Waals surface area contributed by atoms with Crippen LogP contribution >= 0.6 is 0 Å². The van der Waals surface area contributed by atoms with Gasteiger partial charge in [0.1, 0.15) is 5.82 Å². The molecule has 0 aliphatic heterocycles. The quantitative estimate of drug-likeness (QED) is 0.805. The molecular weight excluding hydrogens is 307 g/mol. The number of nitrogens with one attached hydrogen (secondary N) is 1. The monoisotopic (exact) mass is 324 g/mol. The van der Waals surface area contributed by atoms with Crippen LogP contribution in [0.15, 0.2) is 36.5 Å². The molecule has 1 N–H and O–H groups in total. The highest BCUT2D eigenvalue weighted by Gasteiger charge is 2.23. The lowest BCUT2D eigenvalue weighted by Gasteiger charge is -2.26. The number of halogens is 1. The Kier molecular flexibility index (Phi) is 3.52. The molecule has 5 nitrogen and oxygen atoms in total. The summed E-state index contributed by atoms with van der Waals surface area (Å²) in [7, 11) is 1.76. The standard InChI is InChI=1S/C18H17FN4O/c1-23-17-14(10-20-23)13(18(24)21-11-5-4-6-11)9-16(22-17)12-7-2-3-8-15(12)19/h2-3,7-11H,4-6H2,1H3,(H,21,24). The number of carbonyl (C=O) groups excluding carboxylic acids is 1. The van der Waals surface area contributed by atoms with Crippen LogP contribution in [0.4, 0.5) is 4.39 Å². The summed E-state index contributed by atoms with van der Waals surface area (Å²) in [6.45, 7) is 0. The molecule has 3 aromatic rings. The van der Waals surface area contributed by atoms with E-state index in [-0.39, 0.29) is 17.8 Å². The van der Waals surface area contributed by atoms with E-state index in [0.717, 1.165) is 19.3 Å². The van der Waals surface area contributed by atoms with Crippen LogP contribution in [0, 0.1) is 5.82 Å². The molecular formula is C18H17FN4O. The van der Waals surface area contributed by atoms with Gasteiger partial charge in [-0.15, -0.1) is 0 Å². The number of hydrogen-bond acceptors (Lipinski definition) is 3. The molecule has 1 aromatic carbocycles. The van der Waals surface area contributed by atoms with Gasteiger partial charge < -0.3 is 5.32 Å². The number of benzene rings is 1. The maximum atomic E-state index is 14.1. The molecule has 0 unspecified atom stereocenters. The van der Waals surface area contributed by atoms with E-state index < -0.39 is 0 Å². The van der Waals surface area contributed by atoms with Crippen LogP contribution in [0.5, 0.6) is 0 Å². The third-order valence-electron chi connectivity index (χ3n) is 4.54. The highest BCUT2D eigenvalue weighted by Crippen LogP contribution is 2.27. The van der Waals surface area contributed by atoms with Crippen LogP contribution in [-0.4, -0.2) is 26.7 Å². The van der Waals surface area contributed by atoms with Gasteiger partial charge in [-0.25, -0.2) is 9.37 Å². The second-order valence-corrected chi connectivity index (χ2v) is 6.14. The van der Waals surface area contributed by atoms with Crippen molar-refractivity contribution >= 4 is 16.9 Å². The van der Waals surface area contributed by atoms with Gasteiger partial charge in [0.05, 0.1) is 22.8 Å². The zero-order valence-electron chi connectivity index (χ0n) is 13.3. The smallest absolute Gasteiger partial charge is 0.252 e. The Labute approximate surface area is 138 Å². The molecule has 0 spiro atoms. The van der Waals surface area contributed by atoms with E-state index >= 15 is 0 Å². The van der Waals surface area contributed by atoms with Gasteiger partial charge in [0.2, 0.25) is 0 Å². The van der Waals surface area contributed by atoms with Crippen molar-refractivity contribution < 1.29 is 9.18 Å². The lowest BCUT2D eigenvalue weighted by molar-refractivity contribution is 0.0918. The molecule has 122 valence electrons. The van der Waals surface area contributed by atoms with Crippen LogP contribution in [0.25, 0.3) is 22.3 Å². The Hall–Kier alpha value is -2.76. The van der Waals surface area contributed by atoms with Crippen molar-refractivity contribution in [1.29, 1.82) is 0 Å². The first kappa shape index (κ1) is 14.8. The fourth-order valence-electron chi connectivity index (χ4n) is 2.93. The summed E-state index contributed by atoms with van der Waals surface area (Å²) in [6.07, 6.45) is 4.79. The van der Waals surface area contributed by atoms with E-state index in [1.165, 1.54) is 6.07 Å². The molecule has 4 rings (SSSR count). The number of hydrogen-bond donors (Lipinski definition) is 1. The largest absolute Gasteiger partial charge is 0.349 e. The van der Waals surface area contributed by atoms with Crippen molar-refractivity contribution in [2.24, 2.45) is 7.05 Å². The molecule has 6 heteroatoms. The molecule has 0 bridgehead atoms. The SMILES string of the molecule is Cn1ncc2c(C(=O)NC3CCC3)cc(-c3ccccc3F)nc21. The second kappa shape index (κ2) is 5.70. The van der Waals surface area contributed by atoms with Crippen LogP contribution < -0.4 is 5.32 Å². The van der Waals surface area contributed by atoms with Crippen LogP contribution in [0.2, 0.25) is 0 Å². The Morgan fingerprint density at radius 1 is 1.33 bits per heavy atom. The molecule has 1 aliphatic rings. The zero-order valence-corrected chi connectivity index (χ0v) is 13.3. The Balaban J connectivity index is 1.85. The number of pyridine rings is 1. The predicted molar refractivity (Wildman–Crippen MR) is 89.0 cm³/mol. The molecule has 1 amide bonds. The molecule has 1 fully saturated rings. The lowest BCUT2D eigenvalue weighted by Crippen LogP contribution is -2.39. The third-order valence-corrected chi connectivity index (χ3v) is 4.54. The fraction of sp³-hybridized carbons (Fsp3) is 0.278. The molecule has 2 aromatic heterocycles. The summed E-state index contributed by atoms with van der Waals surface area (Å²) in [5, 5.41) is 7.89. The topological polar surface area (TPSA) is 59.8 Å². The number of aryl methyl sites for hydroxylation is 1. The van der Waals surface area contributed by atoms with Gasteiger partial charge in [-0.3, -0.25) is 9.48 Å². The molecule has 0 atom stereocenters. The number of aromatic nitrogens is 3. The molecule has 1 aliphatic carbocycles. The first-order valence-electron chi connectivity index (χ1n) is 8.02. The van der Waals surface area contributed by atoms with Crippen molar-refractivity contribution in [2.45, 2.75) is 25.3 Å². The maximum Gasteiger partial charge on any atom is 0.252 e. The first-order valence-corrected chi connectivity index (χ1v) is 8.02. The van der Waals surface area contributed by atoms with Crippen molar-refractivity contribution in [2.75, 3.05) is 0 Å². The van der Waals surface area contributed by atoms with Crippen molar-refractivity contribution in [3.05, 3.63) is 47.9 Å². The summed E-state index contributed by atoms with van der Waals surface area (Å²) in [5.41, 5.74) is 1.86. The van der Waals surface area contributed by atoms with E-state index in [9.17, 15) is 9.18 Å². The lowest BCUT2D eigenvalue weighted by atomic mass is 9.93. The van der Waals surface area contributed by atoms with Crippen molar-refractivity contribution in [3.8, 4) is 11.3 Å². The van der Waals surface area contributed by atoms with Gasteiger partial charge in [-0.05, 0) is 37.5 Å². The van der Waals surface area contributed by atoms with Crippen LogP contribution in [0.1, 0.15) is 29.6 Å². The van der Waals surface area contributed by atoms with E-state index in [0.29, 0.717) is 27.9 Å². The van der Waals surface area contributed by atoms with Gasteiger partial charge in [0.25, 0.3) is 5.91 Å². The van der Waals surface area contributed by atoms with Crippen LogP contribution in [-0.2, 0) is 7.05 Å². The summed E-state index contributed by atoms with van der Waals surface area (Å²) in [5.74, 6) is -0.519. The van der Waals surface area contributed by atoms with Gasteiger partial charge in [-0.2, -0.15) is 5.10 Å². The second-order valence-electron chi connectivity index (χ2n) is 6.14. The number of amides is 1. The fourth-order valence-corrected chi connectivity index (χ4v) is 2.93. The molecule has 2 heterocycles. The summed E-state index contributed by atoms with van der Waals surface area (Å²) >= 11 is 0. The number of nitrogens with zero attached hydrogens (tertiary/aromatic N) is 3. The number of rotatable bonds is 3. The van der Waals surface area contributed by atoms with E-state index in [1.807, 2.05) is 0 Å². The van der Waals surface area contributed by atoms with Gasteiger partial charge in [0.15, 0.2) is 5.65 Å². The van der Waals surface area contributed by atoms with Crippen molar-refractivity contribution in [3.63, 3.8) is 0 Å².